The van der Waals surface area contributed by atoms with Crippen molar-refractivity contribution in [2.75, 3.05) is 6.54 Å². The maximum absolute atomic E-state index is 13.4. The van der Waals surface area contributed by atoms with Crippen molar-refractivity contribution in [3.63, 3.8) is 0 Å². The summed E-state index contributed by atoms with van der Waals surface area (Å²) < 4.78 is 5.81. The van der Waals surface area contributed by atoms with Crippen molar-refractivity contribution in [3.8, 4) is 0 Å². The van der Waals surface area contributed by atoms with Crippen LogP contribution in [0.1, 0.15) is 71.7 Å². The van der Waals surface area contributed by atoms with Crippen LogP contribution in [0.15, 0.2) is 93.7 Å². The number of amides is 2. The number of carbonyl (C=O) groups excluding carboxylic acids is 2. The molecular formula is C36H34Cl2N2O4. The molecule has 0 unspecified atom stereocenters. The molecule has 2 fully saturated rings. The van der Waals surface area contributed by atoms with Gasteiger partial charge in [0.2, 0.25) is 5.91 Å². The number of rotatable bonds is 8. The summed E-state index contributed by atoms with van der Waals surface area (Å²) in [4.78, 5) is 40.4. The number of nitrogens with one attached hydrogen (secondary N) is 1. The predicted octanol–water partition coefficient (Wildman–Crippen LogP) is 7.85. The summed E-state index contributed by atoms with van der Waals surface area (Å²) in [5.74, 6) is 0.176. The number of carbonyl (C=O) groups is 2. The molecule has 1 aromatic heterocycles. The van der Waals surface area contributed by atoms with Gasteiger partial charge < -0.3 is 14.6 Å². The molecule has 0 spiro atoms. The molecule has 2 heterocycles. The summed E-state index contributed by atoms with van der Waals surface area (Å²) in [7, 11) is 0. The first kappa shape index (κ1) is 30.2. The van der Waals surface area contributed by atoms with Crippen LogP contribution < -0.4 is 10.7 Å². The largest absolute Gasteiger partial charge is 0.451 e. The van der Waals surface area contributed by atoms with Gasteiger partial charge in [-0.1, -0.05) is 71.2 Å². The first-order valence-electron chi connectivity index (χ1n) is 15.2. The van der Waals surface area contributed by atoms with E-state index in [0.29, 0.717) is 46.3 Å². The highest BCUT2D eigenvalue weighted by atomic mass is 35.5. The van der Waals surface area contributed by atoms with E-state index in [1.165, 1.54) is 22.8 Å². The van der Waals surface area contributed by atoms with Gasteiger partial charge in [0, 0.05) is 35.6 Å². The Morgan fingerprint density at radius 1 is 0.955 bits per heavy atom. The highest BCUT2D eigenvalue weighted by molar-refractivity contribution is 6.31. The summed E-state index contributed by atoms with van der Waals surface area (Å²) in [6, 6.07) is 21.8. The van der Waals surface area contributed by atoms with E-state index in [9.17, 15) is 14.4 Å². The van der Waals surface area contributed by atoms with Gasteiger partial charge in [-0.2, -0.15) is 0 Å². The molecule has 1 N–H and O–H groups in total. The van der Waals surface area contributed by atoms with Crippen LogP contribution in [0.25, 0.3) is 11.0 Å². The van der Waals surface area contributed by atoms with Crippen LogP contribution in [-0.2, 0) is 17.8 Å². The maximum Gasteiger partial charge on any atom is 0.287 e. The fourth-order valence-electron chi connectivity index (χ4n) is 6.41. The van der Waals surface area contributed by atoms with E-state index < -0.39 is 5.91 Å². The molecule has 44 heavy (non-hydrogen) atoms. The average molecular weight is 630 g/mol. The lowest BCUT2D eigenvalue weighted by Crippen LogP contribution is -2.36. The smallest absolute Gasteiger partial charge is 0.287 e. The Balaban J connectivity index is 1.19. The second-order valence-corrected chi connectivity index (χ2v) is 12.6. The highest BCUT2D eigenvalue weighted by Crippen LogP contribution is 2.37. The third kappa shape index (κ3) is 7.09. The van der Waals surface area contributed by atoms with Crippen molar-refractivity contribution >= 4 is 46.0 Å². The minimum atomic E-state index is -0.450. The van der Waals surface area contributed by atoms with Crippen LogP contribution in [0.2, 0.25) is 10.0 Å². The minimum absolute atomic E-state index is 0.0406. The number of benzene rings is 3. The molecule has 1 aliphatic heterocycles. The topological polar surface area (TPSA) is 79.6 Å². The molecule has 2 amide bonds. The second-order valence-electron chi connectivity index (χ2n) is 11.7. The van der Waals surface area contributed by atoms with Crippen molar-refractivity contribution in [2.24, 2.45) is 0 Å². The van der Waals surface area contributed by atoms with Crippen LogP contribution in [0.4, 0.5) is 0 Å². The van der Waals surface area contributed by atoms with Gasteiger partial charge in [-0.15, -0.1) is 0 Å². The third-order valence-corrected chi connectivity index (χ3v) is 9.18. The van der Waals surface area contributed by atoms with Crippen LogP contribution in [0.5, 0.6) is 0 Å². The van der Waals surface area contributed by atoms with Gasteiger partial charge in [-0.05, 0) is 91.5 Å². The predicted molar refractivity (Wildman–Crippen MR) is 174 cm³/mol. The summed E-state index contributed by atoms with van der Waals surface area (Å²) in [6.45, 7) is 1.52. The van der Waals surface area contributed by atoms with Gasteiger partial charge in [0.05, 0.1) is 11.4 Å². The third-order valence-electron chi connectivity index (χ3n) is 8.69. The normalized spacial score (nSPS) is 17.6. The molecule has 3 aromatic carbocycles. The molecule has 1 aliphatic carbocycles. The Morgan fingerprint density at radius 2 is 1.70 bits per heavy atom. The van der Waals surface area contributed by atoms with Gasteiger partial charge in [-0.3, -0.25) is 14.4 Å². The zero-order chi connectivity index (χ0) is 30.6. The zero-order valence-corrected chi connectivity index (χ0v) is 25.9. The molecule has 8 heteroatoms. The molecule has 1 atom stereocenters. The molecule has 2 aliphatic rings. The summed E-state index contributed by atoms with van der Waals surface area (Å²) in [5.41, 5.74) is 4.90. The van der Waals surface area contributed by atoms with E-state index >= 15 is 0 Å². The molecule has 0 radical (unpaired) electrons. The van der Waals surface area contributed by atoms with Crippen molar-refractivity contribution in [2.45, 2.75) is 63.5 Å². The van der Waals surface area contributed by atoms with Gasteiger partial charge in [0.1, 0.15) is 5.58 Å². The standard InChI is InChI=1S/C36H34Cl2N2O4/c37-27-13-9-24(10-14-27)19-29(39-36(43)34-21-32(41)31-20-28(38)15-16-33(31)44-34)18-23-7-11-25(12-8-23)30-5-2-1-4-26(30)22-40-17-3-6-35(40)42/h1-2,4-5,9-10,13-16,18,20-21,25,29H,3,6-8,11-12,17,19,22H2,(H,39,43)/t25?,29-/m0/s1. The van der Waals surface area contributed by atoms with E-state index in [-0.39, 0.29) is 23.1 Å². The number of allylic oxidation sites excluding steroid dienone is 1. The average Bonchev–Trinajstić information content (AvgIpc) is 3.43. The maximum atomic E-state index is 13.4. The lowest BCUT2D eigenvalue weighted by Gasteiger charge is -2.28. The number of fused-ring (bicyclic) bond motifs is 1. The van der Waals surface area contributed by atoms with E-state index in [4.69, 9.17) is 27.6 Å². The van der Waals surface area contributed by atoms with Gasteiger partial charge in [-0.25, -0.2) is 0 Å². The number of hydrogen-bond acceptors (Lipinski definition) is 4. The number of halogens is 2. The Kier molecular flexibility index (Phi) is 9.20. The van der Waals surface area contributed by atoms with E-state index in [0.717, 1.165) is 44.2 Å². The van der Waals surface area contributed by atoms with Crippen LogP contribution >= 0.6 is 23.2 Å². The Hall–Kier alpha value is -3.87. The minimum Gasteiger partial charge on any atom is -0.451 e. The van der Waals surface area contributed by atoms with Crippen LogP contribution in [0, 0.1) is 0 Å². The summed E-state index contributed by atoms with van der Waals surface area (Å²) in [5, 5.41) is 4.51. The Morgan fingerprint density at radius 3 is 2.45 bits per heavy atom. The molecular weight excluding hydrogens is 595 g/mol. The Labute approximate surface area is 266 Å². The fourth-order valence-corrected chi connectivity index (χ4v) is 6.71. The zero-order valence-electron chi connectivity index (χ0n) is 24.4. The monoisotopic (exact) mass is 628 g/mol. The first-order chi connectivity index (χ1) is 21.3. The highest BCUT2D eigenvalue weighted by Gasteiger charge is 2.25. The molecule has 4 aromatic rings. The van der Waals surface area contributed by atoms with E-state index in [1.54, 1.807) is 18.2 Å². The van der Waals surface area contributed by atoms with Crippen molar-refractivity contribution < 1.29 is 14.0 Å². The fraction of sp³-hybridized carbons (Fsp3) is 0.306. The van der Waals surface area contributed by atoms with Gasteiger partial charge >= 0.3 is 0 Å². The molecule has 226 valence electrons. The lowest BCUT2D eigenvalue weighted by atomic mass is 9.79. The molecule has 6 rings (SSSR count). The van der Waals surface area contributed by atoms with Crippen LogP contribution in [-0.4, -0.2) is 29.3 Å². The number of likely N-dealkylation sites (tertiary alicyclic amines) is 1. The van der Waals surface area contributed by atoms with Crippen LogP contribution in [0.3, 0.4) is 0 Å². The van der Waals surface area contributed by atoms with Crippen molar-refractivity contribution in [1.29, 1.82) is 0 Å². The first-order valence-corrected chi connectivity index (χ1v) is 15.9. The number of nitrogens with zero attached hydrogens (tertiary/aromatic N) is 1. The van der Waals surface area contributed by atoms with Gasteiger partial charge in [0.15, 0.2) is 11.2 Å². The molecule has 0 bridgehead atoms. The molecule has 1 saturated heterocycles. The summed E-state index contributed by atoms with van der Waals surface area (Å²) >= 11 is 12.2. The lowest BCUT2D eigenvalue weighted by molar-refractivity contribution is -0.128. The van der Waals surface area contributed by atoms with Gasteiger partial charge in [0.25, 0.3) is 5.91 Å². The Bertz CT molecular complexity index is 1770. The van der Waals surface area contributed by atoms with Crippen molar-refractivity contribution in [3.05, 3.63) is 127 Å². The van der Waals surface area contributed by atoms with Crippen molar-refractivity contribution in [1.82, 2.24) is 10.2 Å². The second kappa shape index (κ2) is 13.4. The summed E-state index contributed by atoms with van der Waals surface area (Å²) in [6.07, 6.45) is 8.15. The molecule has 1 saturated carbocycles. The molecule has 6 nitrogen and oxygen atoms in total. The van der Waals surface area contributed by atoms with E-state index in [2.05, 4.69) is 35.7 Å². The van der Waals surface area contributed by atoms with E-state index in [1.807, 2.05) is 29.2 Å². The number of hydrogen-bond donors (Lipinski definition) is 1. The SMILES string of the molecule is O=C(N[C@@H](C=C1CCC(c2ccccc2CN2CCCC2=O)CC1)Cc1ccc(Cl)cc1)c1cc(=O)c2cc(Cl)ccc2o1. The quantitative estimate of drug-likeness (QED) is 0.202.